The van der Waals surface area contributed by atoms with Crippen molar-refractivity contribution in [2.24, 2.45) is 0 Å². The lowest BCUT2D eigenvalue weighted by atomic mass is 10.2. The monoisotopic (exact) mass is 182 g/mol. The van der Waals surface area contributed by atoms with Crippen molar-refractivity contribution < 1.29 is 9.53 Å². The molecule has 64 valence electrons. The number of aryl methyl sites for hydroxylation is 1. The highest BCUT2D eigenvalue weighted by molar-refractivity contribution is 7.12. The average Bonchev–Trinajstić information content (AvgIpc) is 2.62. The van der Waals surface area contributed by atoms with E-state index in [1.807, 2.05) is 0 Å². The van der Waals surface area contributed by atoms with E-state index in [2.05, 4.69) is 5.38 Å². The Bertz CT molecular complexity index is 314. The van der Waals surface area contributed by atoms with Crippen molar-refractivity contribution >= 4 is 17.3 Å². The number of ether oxygens (including phenoxy) is 1. The van der Waals surface area contributed by atoms with Gasteiger partial charge in [-0.15, -0.1) is 11.3 Å². The number of hydrogen-bond donors (Lipinski definition) is 0. The minimum atomic E-state index is -0.178. The van der Waals surface area contributed by atoms with Crippen LogP contribution in [0.15, 0.2) is 5.38 Å². The van der Waals surface area contributed by atoms with Gasteiger partial charge in [0.05, 0.1) is 7.11 Å². The van der Waals surface area contributed by atoms with Gasteiger partial charge < -0.3 is 4.74 Å². The minimum absolute atomic E-state index is 0.178. The molecule has 2 nitrogen and oxygen atoms in total. The number of methoxy groups -OCH3 is 1. The second kappa shape index (κ2) is 2.90. The number of carbonyl (C=O) groups excluding carboxylic acids is 1. The Morgan fingerprint density at radius 2 is 2.42 bits per heavy atom. The summed E-state index contributed by atoms with van der Waals surface area (Å²) in [4.78, 5) is 12.0. The van der Waals surface area contributed by atoms with Gasteiger partial charge in [0.1, 0.15) is 4.88 Å². The van der Waals surface area contributed by atoms with Gasteiger partial charge in [-0.1, -0.05) is 0 Å². The zero-order chi connectivity index (χ0) is 8.55. The Morgan fingerprint density at radius 3 is 3.17 bits per heavy atom. The van der Waals surface area contributed by atoms with Gasteiger partial charge in [0, 0.05) is 0 Å². The molecule has 0 saturated heterocycles. The van der Waals surface area contributed by atoms with Crippen LogP contribution in [-0.4, -0.2) is 13.1 Å². The molecule has 0 amide bonds. The van der Waals surface area contributed by atoms with Crippen LogP contribution in [0.4, 0.5) is 0 Å². The Hall–Kier alpha value is -0.830. The molecule has 1 aromatic rings. The van der Waals surface area contributed by atoms with Crippen LogP contribution in [0, 0.1) is 0 Å². The summed E-state index contributed by atoms with van der Waals surface area (Å²) in [5.41, 5.74) is 2.58. The molecule has 0 spiro atoms. The minimum Gasteiger partial charge on any atom is -0.465 e. The fourth-order valence-electron chi connectivity index (χ4n) is 1.62. The van der Waals surface area contributed by atoms with Gasteiger partial charge in [-0.25, -0.2) is 4.79 Å². The Balaban J connectivity index is 2.39. The highest BCUT2D eigenvalue weighted by Gasteiger charge is 2.21. The number of thiophene rings is 1. The number of esters is 1. The summed E-state index contributed by atoms with van der Waals surface area (Å²) in [6, 6.07) is 0. The van der Waals surface area contributed by atoms with Crippen LogP contribution in [0.2, 0.25) is 0 Å². The first-order valence-electron chi connectivity index (χ1n) is 4.00. The van der Waals surface area contributed by atoms with Gasteiger partial charge in [-0.05, 0) is 35.8 Å². The van der Waals surface area contributed by atoms with Crippen molar-refractivity contribution in [2.45, 2.75) is 19.3 Å². The van der Waals surface area contributed by atoms with E-state index in [0.717, 1.165) is 17.7 Å². The zero-order valence-corrected chi connectivity index (χ0v) is 7.74. The topological polar surface area (TPSA) is 26.3 Å². The van der Waals surface area contributed by atoms with Crippen molar-refractivity contribution in [3.63, 3.8) is 0 Å². The largest absolute Gasteiger partial charge is 0.465 e. The smallest absolute Gasteiger partial charge is 0.348 e. The predicted octanol–water partition coefficient (Wildman–Crippen LogP) is 2.02. The molecule has 0 radical (unpaired) electrons. The van der Waals surface area contributed by atoms with Gasteiger partial charge in [0.25, 0.3) is 0 Å². The van der Waals surface area contributed by atoms with Gasteiger partial charge in [0.15, 0.2) is 0 Å². The van der Waals surface area contributed by atoms with E-state index in [0.29, 0.717) is 0 Å². The summed E-state index contributed by atoms with van der Waals surface area (Å²) in [7, 11) is 1.43. The summed E-state index contributed by atoms with van der Waals surface area (Å²) >= 11 is 1.51. The van der Waals surface area contributed by atoms with Crippen LogP contribution in [-0.2, 0) is 17.6 Å². The predicted molar refractivity (Wildman–Crippen MR) is 47.7 cm³/mol. The molecule has 1 aliphatic carbocycles. The maximum atomic E-state index is 11.2. The molecule has 1 heterocycles. The summed E-state index contributed by atoms with van der Waals surface area (Å²) in [5.74, 6) is -0.178. The number of rotatable bonds is 1. The normalized spacial score (nSPS) is 14.4. The maximum absolute atomic E-state index is 11.2. The van der Waals surface area contributed by atoms with Crippen molar-refractivity contribution in [2.75, 3.05) is 7.11 Å². The first kappa shape index (κ1) is 7.80. The van der Waals surface area contributed by atoms with Crippen LogP contribution in [0.25, 0.3) is 0 Å². The van der Waals surface area contributed by atoms with E-state index in [-0.39, 0.29) is 5.97 Å². The molecule has 12 heavy (non-hydrogen) atoms. The molecule has 0 aromatic carbocycles. The average molecular weight is 182 g/mol. The van der Waals surface area contributed by atoms with Crippen LogP contribution < -0.4 is 0 Å². The van der Waals surface area contributed by atoms with Crippen LogP contribution in [0.1, 0.15) is 27.2 Å². The quantitative estimate of drug-likeness (QED) is 0.621. The van der Waals surface area contributed by atoms with Gasteiger partial charge in [-0.2, -0.15) is 0 Å². The van der Waals surface area contributed by atoms with Gasteiger partial charge in [-0.3, -0.25) is 0 Å². The van der Waals surface area contributed by atoms with E-state index in [4.69, 9.17) is 4.74 Å². The van der Waals surface area contributed by atoms with E-state index in [9.17, 15) is 4.79 Å². The molecule has 0 aliphatic heterocycles. The van der Waals surface area contributed by atoms with Crippen molar-refractivity contribution in [3.05, 3.63) is 21.4 Å². The van der Waals surface area contributed by atoms with E-state index in [1.54, 1.807) is 0 Å². The maximum Gasteiger partial charge on any atom is 0.348 e. The molecular weight excluding hydrogens is 172 g/mol. The highest BCUT2D eigenvalue weighted by Crippen LogP contribution is 2.30. The molecule has 3 heteroatoms. The van der Waals surface area contributed by atoms with Crippen molar-refractivity contribution in [1.29, 1.82) is 0 Å². The highest BCUT2D eigenvalue weighted by atomic mass is 32.1. The lowest BCUT2D eigenvalue weighted by Gasteiger charge is -1.96. The Kier molecular flexibility index (Phi) is 1.89. The second-order valence-electron chi connectivity index (χ2n) is 2.91. The van der Waals surface area contributed by atoms with Crippen LogP contribution >= 0.6 is 11.3 Å². The van der Waals surface area contributed by atoms with E-state index >= 15 is 0 Å². The molecule has 0 unspecified atom stereocenters. The summed E-state index contributed by atoms with van der Waals surface area (Å²) in [6.45, 7) is 0. The van der Waals surface area contributed by atoms with Crippen LogP contribution in [0.3, 0.4) is 0 Å². The number of fused-ring (bicyclic) bond motifs is 1. The van der Waals surface area contributed by atoms with E-state index < -0.39 is 0 Å². The molecule has 0 fully saturated rings. The van der Waals surface area contributed by atoms with E-state index in [1.165, 1.54) is 36.0 Å². The third kappa shape index (κ3) is 1.05. The number of carbonyl (C=O) groups is 1. The Labute approximate surface area is 75.2 Å². The van der Waals surface area contributed by atoms with Crippen molar-refractivity contribution in [1.82, 2.24) is 0 Å². The lowest BCUT2D eigenvalue weighted by Crippen LogP contribution is -2.00. The zero-order valence-electron chi connectivity index (χ0n) is 6.92. The summed E-state index contributed by atoms with van der Waals surface area (Å²) in [6.07, 6.45) is 3.36. The first-order chi connectivity index (χ1) is 5.83. The molecule has 0 N–H and O–H groups in total. The standard InChI is InChI=1S/C9H10O2S/c1-11-9(10)8-7-4-2-3-6(7)5-12-8/h5H,2-4H2,1H3. The fraction of sp³-hybridized carbons (Fsp3) is 0.444. The molecule has 1 aliphatic rings. The molecule has 1 aromatic heterocycles. The molecule has 0 atom stereocenters. The summed E-state index contributed by atoms with van der Waals surface area (Å²) in [5, 5.41) is 2.08. The van der Waals surface area contributed by atoms with Gasteiger partial charge in [0.2, 0.25) is 0 Å². The van der Waals surface area contributed by atoms with Gasteiger partial charge >= 0.3 is 5.97 Å². The molecule has 2 rings (SSSR count). The van der Waals surface area contributed by atoms with Crippen LogP contribution in [0.5, 0.6) is 0 Å². The Morgan fingerprint density at radius 1 is 1.58 bits per heavy atom. The molecule has 0 saturated carbocycles. The summed E-state index contributed by atoms with van der Waals surface area (Å²) < 4.78 is 4.69. The third-order valence-corrected chi connectivity index (χ3v) is 3.28. The van der Waals surface area contributed by atoms with Crippen molar-refractivity contribution in [3.8, 4) is 0 Å². The SMILES string of the molecule is COC(=O)c1scc2c1CCC2. The third-order valence-electron chi connectivity index (χ3n) is 2.22. The fourth-order valence-corrected chi connectivity index (χ4v) is 2.70. The number of hydrogen-bond acceptors (Lipinski definition) is 3. The lowest BCUT2D eigenvalue weighted by molar-refractivity contribution is 0.0605. The molecular formula is C9H10O2S. The molecule has 0 bridgehead atoms. The first-order valence-corrected chi connectivity index (χ1v) is 4.88. The second-order valence-corrected chi connectivity index (χ2v) is 3.79.